The maximum Gasteiger partial charge on any atom is 0.119 e. The van der Waals surface area contributed by atoms with E-state index in [4.69, 9.17) is 0 Å². The highest BCUT2D eigenvalue weighted by molar-refractivity contribution is 5.39. The van der Waals surface area contributed by atoms with Crippen LogP contribution in [0.5, 0.6) is 11.5 Å². The molecule has 1 atom stereocenters. The molecule has 0 spiro atoms. The van der Waals surface area contributed by atoms with E-state index in [2.05, 4.69) is 26.0 Å². The monoisotopic (exact) mass is 248 g/mol. The van der Waals surface area contributed by atoms with Crippen LogP contribution in [0.4, 0.5) is 0 Å². The minimum absolute atomic E-state index is 0.128. The Morgan fingerprint density at radius 3 is 2.28 bits per heavy atom. The number of rotatable bonds is 7. The van der Waals surface area contributed by atoms with Crippen LogP contribution in [0.15, 0.2) is 30.4 Å². The molecule has 0 radical (unpaired) electrons. The Balaban J connectivity index is 2.64. The zero-order chi connectivity index (χ0) is 13.4. The molecule has 0 aromatic heterocycles. The first-order chi connectivity index (χ1) is 8.67. The lowest BCUT2D eigenvalue weighted by Gasteiger charge is -2.11. The fraction of sp³-hybridized carbons (Fsp3) is 0.500. The lowest BCUT2D eigenvalue weighted by Crippen LogP contribution is -1.93. The minimum Gasteiger partial charge on any atom is -0.508 e. The lowest BCUT2D eigenvalue weighted by molar-refractivity contribution is 0.448. The maximum absolute atomic E-state index is 9.50. The molecule has 0 amide bonds. The highest BCUT2D eigenvalue weighted by atomic mass is 16.3. The largest absolute Gasteiger partial charge is 0.508 e. The number of hydrogen-bond acceptors (Lipinski definition) is 2. The Hall–Kier alpha value is -1.44. The van der Waals surface area contributed by atoms with Crippen molar-refractivity contribution in [1.29, 1.82) is 0 Å². The van der Waals surface area contributed by atoms with Crippen LogP contribution in [-0.4, -0.2) is 10.2 Å². The summed E-state index contributed by atoms with van der Waals surface area (Å²) in [5.74, 6) is 0.523. The summed E-state index contributed by atoms with van der Waals surface area (Å²) in [5, 5.41) is 19.0. The van der Waals surface area contributed by atoms with Crippen molar-refractivity contribution >= 4 is 0 Å². The minimum atomic E-state index is 0.128. The van der Waals surface area contributed by atoms with Crippen LogP contribution in [0, 0.1) is 0 Å². The zero-order valence-corrected chi connectivity index (χ0v) is 11.4. The third-order valence-corrected chi connectivity index (χ3v) is 3.14. The zero-order valence-electron chi connectivity index (χ0n) is 11.4. The van der Waals surface area contributed by atoms with Gasteiger partial charge in [0, 0.05) is 12.0 Å². The van der Waals surface area contributed by atoms with E-state index >= 15 is 0 Å². The Morgan fingerprint density at radius 1 is 1.06 bits per heavy atom. The van der Waals surface area contributed by atoms with Crippen LogP contribution in [0.3, 0.4) is 0 Å². The first-order valence-electron chi connectivity index (χ1n) is 6.87. The van der Waals surface area contributed by atoms with Gasteiger partial charge in [-0.15, -0.1) is 0 Å². The maximum atomic E-state index is 9.50. The van der Waals surface area contributed by atoms with E-state index in [9.17, 15) is 10.2 Å². The van der Waals surface area contributed by atoms with Gasteiger partial charge in [0.2, 0.25) is 0 Å². The van der Waals surface area contributed by atoms with Crippen LogP contribution >= 0.6 is 0 Å². The van der Waals surface area contributed by atoms with Crippen molar-refractivity contribution in [3.8, 4) is 11.5 Å². The summed E-state index contributed by atoms with van der Waals surface area (Å²) in [6, 6.07) is 4.82. The Morgan fingerprint density at radius 2 is 1.72 bits per heavy atom. The third-order valence-electron chi connectivity index (χ3n) is 3.14. The predicted molar refractivity (Wildman–Crippen MR) is 76.1 cm³/mol. The topological polar surface area (TPSA) is 40.5 Å². The molecular weight excluding hydrogens is 224 g/mol. The molecule has 1 rings (SSSR count). The summed E-state index contributed by atoms with van der Waals surface area (Å²) in [5.41, 5.74) is 0.974. The van der Waals surface area contributed by atoms with E-state index in [-0.39, 0.29) is 17.4 Å². The first-order valence-corrected chi connectivity index (χ1v) is 6.87. The first kappa shape index (κ1) is 14.6. The molecule has 100 valence electrons. The molecule has 1 aromatic carbocycles. The summed E-state index contributed by atoms with van der Waals surface area (Å²) in [6.45, 7) is 4.32. The van der Waals surface area contributed by atoms with Gasteiger partial charge in [-0.2, -0.15) is 0 Å². The third kappa shape index (κ3) is 4.82. The van der Waals surface area contributed by atoms with Gasteiger partial charge in [-0.1, -0.05) is 38.8 Å². The van der Waals surface area contributed by atoms with Gasteiger partial charge in [-0.05, 0) is 37.0 Å². The Bertz CT molecular complexity index is 362. The molecule has 0 fully saturated rings. The highest BCUT2D eigenvalue weighted by Crippen LogP contribution is 2.28. The van der Waals surface area contributed by atoms with E-state index in [1.807, 2.05) is 0 Å². The Labute approximate surface area is 110 Å². The Kier molecular flexibility index (Phi) is 6.34. The van der Waals surface area contributed by atoms with E-state index in [0.29, 0.717) is 0 Å². The number of unbranched alkanes of at least 4 members (excludes halogenated alkanes) is 3. The molecule has 18 heavy (non-hydrogen) atoms. The van der Waals surface area contributed by atoms with Gasteiger partial charge < -0.3 is 10.2 Å². The molecule has 0 saturated carbocycles. The van der Waals surface area contributed by atoms with Crippen molar-refractivity contribution in [2.45, 2.75) is 51.9 Å². The van der Waals surface area contributed by atoms with E-state index in [0.717, 1.165) is 18.4 Å². The van der Waals surface area contributed by atoms with Gasteiger partial charge in [-0.25, -0.2) is 0 Å². The fourth-order valence-corrected chi connectivity index (χ4v) is 2.09. The number of phenolic OH excluding ortho intramolecular Hbond substituents is 2. The van der Waals surface area contributed by atoms with E-state index < -0.39 is 0 Å². The second-order valence-corrected chi connectivity index (χ2v) is 4.72. The standard InChI is InChI=1S/C16H24O2/c1-3-5-6-7-8-9-13(4-2)14-10-15(17)12-16(18)11-14/h8-13,17-18H,3-7H2,1-2H3. The predicted octanol–water partition coefficient (Wildman–Crippen LogP) is 4.73. The molecule has 0 aliphatic heterocycles. The van der Waals surface area contributed by atoms with Gasteiger partial charge >= 0.3 is 0 Å². The molecule has 1 unspecified atom stereocenters. The summed E-state index contributed by atoms with van der Waals surface area (Å²) >= 11 is 0. The molecule has 0 saturated heterocycles. The fourth-order valence-electron chi connectivity index (χ4n) is 2.09. The summed E-state index contributed by atoms with van der Waals surface area (Å²) in [7, 11) is 0. The van der Waals surface area contributed by atoms with Crippen molar-refractivity contribution in [3.63, 3.8) is 0 Å². The number of allylic oxidation sites excluding steroid dienone is 2. The van der Waals surface area contributed by atoms with Gasteiger partial charge in [0.05, 0.1) is 0 Å². The van der Waals surface area contributed by atoms with Crippen molar-refractivity contribution in [1.82, 2.24) is 0 Å². The summed E-state index contributed by atoms with van der Waals surface area (Å²) < 4.78 is 0. The second kappa shape index (κ2) is 7.80. The summed E-state index contributed by atoms with van der Waals surface area (Å²) in [6.07, 6.45) is 10.2. The molecule has 0 aliphatic rings. The molecule has 2 heteroatoms. The molecule has 2 nitrogen and oxygen atoms in total. The van der Waals surface area contributed by atoms with Crippen molar-refractivity contribution < 1.29 is 10.2 Å². The van der Waals surface area contributed by atoms with Crippen LogP contribution in [0.1, 0.15) is 57.4 Å². The molecule has 1 aromatic rings. The van der Waals surface area contributed by atoms with Crippen LogP contribution in [0.25, 0.3) is 0 Å². The molecular formula is C16H24O2. The number of aromatic hydroxyl groups is 2. The summed E-state index contributed by atoms with van der Waals surface area (Å²) in [4.78, 5) is 0. The van der Waals surface area contributed by atoms with Crippen molar-refractivity contribution in [3.05, 3.63) is 35.9 Å². The van der Waals surface area contributed by atoms with Gasteiger partial charge in [-0.3, -0.25) is 0 Å². The second-order valence-electron chi connectivity index (χ2n) is 4.72. The van der Waals surface area contributed by atoms with E-state index in [1.54, 1.807) is 12.1 Å². The average molecular weight is 248 g/mol. The average Bonchev–Trinajstić information content (AvgIpc) is 2.32. The van der Waals surface area contributed by atoms with Gasteiger partial charge in [0.1, 0.15) is 11.5 Å². The molecule has 0 aliphatic carbocycles. The molecule has 0 heterocycles. The SMILES string of the molecule is CCCCCC=CC(CC)c1cc(O)cc(O)c1. The number of benzene rings is 1. The van der Waals surface area contributed by atoms with Crippen LogP contribution in [0.2, 0.25) is 0 Å². The quantitative estimate of drug-likeness (QED) is 0.541. The molecule has 0 bridgehead atoms. The van der Waals surface area contributed by atoms with Gasteiger partial charge in [0.15, 0.2) is 0 Å². The van der Waals surface area contributed by atoms with Crippen LogP contribution < -0.4 is 0 Å². The molecule has 2 N–H and O–H groups in total. The highest BCUT2D eigenvalue weighted by Gasteiger charge is 2.08. The van der Waals surface area contributed by atoms with E-state index in [1.165, 1.54) is 25.3 Å². The van der Waals surface area contributed by atoms with Crippen molar-refractivity contribution in [2.75, 3.05) is 0 Å². The number of phenols is 2. The number of hydrogen-bond donors (Lipinski definition) is 2. The normalized spacial score (nSPS) is 13.0. The lowest BCUT2D eigenvalue weighted by atomic mass is 9.95. The van der Waals surface area contributed by atoms with Crippen LogP contribution in [-0.2, 0) is 0 Å². The van der Waals surface area contributed by atoms with Gasteiger partial charge in [0.25, 0.3) is 0 Å². The van der Waals surface area contributed by atoms with Crippen molar-refractivity contribution in [2.24, 2.45) is 0 Å². The smallest absolute Gasteiger partial charge is 0.119 e.